The summed E-state index contributed by atoms with van der Waals surface area (Å²) in [5.74, 6) is 6.98. The number of benzene rings is 1. The van der Waals surface area contributed by atoms with Crippen LogP contribution in [0.25, 0.3) is 5.70 Å². The molecule has 0 spiro atoms. The van der Waals surface area contributed by atoms with Gasteiger partial charge in [0.15, 0.2) is 0 Å². The number of hydrogen-bond donors (Lipinski definition) is 2. The zero-order valence-corrected chi connectivity index (χ0v) is 19.6. The summed E-state index contributed by atoms with van der Waals surface area (Å²) < 4.78 is 8.07. The van der Waals surface area contributed by atoms with Gasteiger partial charge in [-0.25, -0.2) is 10.8 Å². The van der Waals surface area contributed by atoms with Gasteiger partial charge in [0.2, 0.25) is 0 Å². The quantitative estimate of drug-likeness (QED) is 0.401. The van der Waals surface area contributed by atoms with Crippen molar-refractivity contribution in [3.63, 3.8) is 0 Å². The molecule has 174 valence electrons. The van der Waals surface area contributed by atoms with Gasteiger partial charge in [0.05, 0.1) is 41.1 Å². The summed E-state index contributed by atoms with van der Waals surface area (Å²) in [6, 6.07) is 16.2. The number of pyridine rings is 1. The van der Waals surface area contributed by atoms with E-state index in [0.29, 0.717) is 17.9 Å². The molecule has 33 heavy (non-hydrogen) atoms. The monoisotopic (exact) mass is 446 g/mol. The van der Waals surface area contributed by atoms with Crippen LogP contribution in [0, 0.1) is 6.92 Å². The summed E-state index contributed by atoms with van der Waals surface area (Å²) in [4.78, 5) is 4.72. The summed E-state index contributed by atoms with van der Waals surface area (Å²) in [6.07, 6.45) is 9.02. The highest BCUT2D eigenvalue weighted by Crippen LogP contribution is 2.26. The molecule has 0 amide bonds. The Bertz CT molecular complexity index is 1080. The number of hydrogen-bond acceptors (Lipinski definition) is 6. The molecule has 1 saturated carbocycles. The highest BCUT2D eigenvalue weighted by Gasteiger charge is 2.18. The molecule has 4 N–H and O–H groups in total. The van der Waals surface area contributed by atoms with Crippen molar-refractivity contribution >= 4 is 5.70 Å². The minimum Gasteiger partial charge on any atom is -0.489 e. The number of nitrogens with zero attached hydrogens (tertiary/aromatic N) is 4. The maximum Gasteiger partial charge on any atom is 0.140 e. The van der Waals surface area contributed by atoms with Gasteiger partial charge in [0.1, 0.15) is 5.75 Å². The molecule has 2 aromatic heterocycles. The van der Waals surface area contributed by atoms with Crippen molar-refractivity contribution in [2.75, 3.05) is 7.05 Å². The number of rotatable bonds is 8. The van der Waals surface area contributed by atoms with E-state index in [1.54, 1.807) is 7.05 Å². The lowest BCUT2D eigenvalue weighted by molar-refractivity contribution is 0.153. The predicted octanol–water partition coefficient (Wildman–Crippen LogP) is 4.02. The normalized spacial score (nSPS) is 15.2. The number of hydrazine groups is 1. The lowest BCUT2D eigenvalue weighted by Gasteiger charge is -2.24. The topological polar surface area (TPSA) is 95.2 Å². The third-order valence-electron chi connectivity index (χ3n) is 6.13. The molecule has 0 radical (unpaired) electrons. The van der Waals surface area contributed by atoms with Crippen molar-refractivity contribution in [2.45, 2.75) is 58.1 Å². The molecule has 1 aliphatic carbocycles. The van der Waals surface area contributed by atoms with Gasteiger partial charge in [-0.1, -0.05) is 36.8 Å². The van der Waals surface area contributed by atoms with Crippen LogP contribution in [0.2, 0.25) is 0 Å². The first-order chi connectivity index (χ1) is 16.0. The molecule has 3 aromatic rings. The molecular weight excluding hydrogens is 412 g/mol. The minimum absolute atomic E-state index is 0.286. The highest BCUT2D eigenvalue weighted by atomic mass is 16.5. The predicted molar refractivity (Wildman–Crippen MR) is 131 cm³/mol. The van der Waals surface area contributed by atoms with Crippen molar-refractivity contribution < 1.29 is 4.74 Å². The van der Waals surface area contributed by atoms with Crippen LogP contribution in [0.4, 0.5) is 0 Å². The van der Waals surface area contributed by atoms with Crippen molar-refractivity contribution in [2.24, 2.45) is 11.6 Å². The van der Waals surface area contributed by atoms with Gasteiger partial charge < -0.3 is 15.5 Å². The van der Waals surface area contributed by atoms with Gasteiger partial charge in [0, 0.05) is 19.7 Å². The maximum absolute atomic E-state index is 6.54. The van der Waals surface area contributed by atoms with Gasteiger partial charge in [-0.05, 0) is 56.4 Å². The van der Waals surface area contributed by atoms with Crippen LogP contribution in [0.3, 0.4) is 0 Å². The largest absolute Gasteiger partial charge is 0.489 e. The minimum atomic E-state index is 0.286. The third kappa shape index (κ3) is 5.93. The first-order valence-corrected chi connectivity index (χ1v) is 11.7. The van der Waals surface area contributed by atoms with Crippen molar-refractivity contribution in [3.05, 3.63) is 83.1 Å². The molecule has 7 heteroatoms. The van der Waals surface area contributed by atoms with Crippen molar-refractivity contribution in [1.82, 2.24) is 19.8 Å². The Morgan fingerprint density at radius 1 is 1.09 bits per heavy atom. The van der Waals surface area contributed by atoms with Crippen LogP contribution in [0.15, 0.2) is 60.4 Å². The standard InChI is InChI=1S/C26H34N6O/c1-19-25(33-22-11-7-4-8-12-22)14-13-23(29-19)26(27)24(31(2)28)18-32-16-15-21(30-32)17-20-9-5-3-6-10-20/h3,5-6,9-10,13-16,22H,4,7-8,11-12,17-18,27-28H2,1-2H3/b26-24-. The van der Waals surface area contributed by atoms with E-state index >= 15 is 0 Å². The molecule has 0 unspecified atom stereocenters. The lowest BCUT2D eigenvalue weighted by Crippen LogP contribution is -2.30. The van der Waals surface area contributed by atoms with Crippen LogP contribution in [-0.4, -0.2) is 32.9 Å². The fraction of sp³-hybridized carbons (Fsp3) is 0.385. The Balaban J connectivity index is 1.50. The number of ether oxygens (including phenoxy) is 1. The van der Waals surface area contributed by atoms with E-state index < -0.39 is 0 Å². The first-order valence-electron chi connectivity index (χ1n) is 11.7. The second-order valence-electron chi connectivity index (χ2n) is 8.80. The maximum atomic E-state index is 6.54. The van der Waals surface area contributed by atoms with Crippen LogP contribution < -0.4 is 16.3 Å². The average Bonchev–Trinajstić information content (AvgIpc) is 3.26. The molecule has 4 rings (SSSR count). The smallest absolute Gasteiger partial charge is 0.140 e. The summed E-state index contributed by atoms with van der Waals surface area (Å²) in [5.41, 5.74) is 11.6. The van der Waals surface area contributed by atoms with Crippen LogP contribution in [-0.2, 0) is 13.0 Å². The van der Waals surface area contributed by atoms with E-state index in [-0.39, 0.29) is 6.10 Å². The number of likely N-dealkylation sites (N-methyl/N-ethyl adjacent to an activating group) is 1. The molecule has 2 heterocycles. The Kier molecular flexibility index (Phi) is 7.29. The van der Waals surface area contributed by atoms with Gasteiger partial charge in [-0.2, -0.15) is 5.10 Å². The van der Waals surface area contributed by atoms with Crippen LogP contribution in [0.1, 0.15) is 54.7 Å². The Morgan fingerprint density at radius 3 is 2.55 bits per heavy atom. The van der Waals surface area contributed by atoms with Gasteiger partial charge >= 0.3 is 0 Å². The first kappa shape index (κ1) is 22.9. The van der Waals surface area contributed by atoms with E-state index in [2.05, 4.69) is 12.1 Å². The molecule has 1 fully saturated rings. The Hall–Kier alpha value is -3.32. The van der Waals surface area contributed by atoms with Crippen molar-refractivity contribution in [3.8, 4) is 5.75 Å². The Morgan fingerprint density at radius 2 is 1.85 bits per heavy atom. The van der Waals surface area contributed by atoms with Crippen LogP contribution >= 0.6 is 0 Å². The summed E-state index contributed by atoms with van der Waals surface area (Å²) in [6.45, 7) is 2.42. The zero-order valence-electron chi connectivity index (χ0n) is 19.6. The van der Waals surface area contributed by atoms with E-state index in [1.165, 1.54) is 29.8 Å². The molecular formula is C26H34N6O. The van der Waals surface area contributed by atoms with Gasteiger partial charge in [-0.3, -0.25) is 4.68 Å². The van der Waals surface area contributed by atoms with Crippen molar-refractivity contribution in [1.29, 1.82) is 0 Å². The van der Waals surface area contributed by atoms with Gasteiger partial charge in [-0.15, -0.1) is 0 Å². The van der Waals surface area contributed by atoms with Gasteiger partial charge in [0.25, 0.3) is 0 Å². The van der Waals surface area contributed by atoms with Crippen LogP contribution in [0.5, 0.6) is 5.75 Å². The molecule has 0 aliphatic heterocycles. The second kappa shape index (κ2) is 10.5. The van der Waals surface area contributed by atoms with E-state index in [1.807, 2.05) is 54.2 Å². The molecule has 7 nitrogen and oxygen atoms in total. The molecule has 0 bridgehead atoms. The number of aromatic nitrogens is 3. The van der Waals surface area contributed by atoms with E-state index in [0.717, 1.165) is 42.1 Å². The summed E-state index contributed by atoms with van der Waals surface area (Å²) in [5, 5.41) is 6.24. The molecule has 1 aromatic carbocycles. The Labute approximate surface area is 196 Å². The molecule has 0 atom stereocenters. The van der Waals surface area contributed by atoms with E-state index in [4.69, 9.17) is 26.4 Å². The second-order valence-corrected chi connectivity index (χ2v) is 8.80. The third-order valence-corrected chi connectivity index (χ3v) is 6.13. The number of aryl methyl sites for hydroxylation is 1. The summed E-state index contributed by atoms with van der Waals surface area (Å²) in [7, 11) is 1.78. The summed E-state index contributed by atoms with van der Waals surface area (Å²) >= 11 is 0. The SMILES string of the molecule is Cc1nc(/C(N)=C(\Cn2ccc(Cc3ccccc3)n2)N(C)N)ccc1OC1CCCCC1. The number of allylic oxidation sites excluding steroid dienone is 1. The fourth-order valence-electron chi connectivity index (χ4n) is 4.26. The average molecular weight is 447 g/mol. The molecule has 1 aliphatic rings. The zero-order chi connectivity index (χ0) is 23.2. The highest BCUT2D eigenvalue weighted by molar-refractivity contribution is 5.63. The fourth-order valence-corrected chi connectivity index (χ4v) is 4.26. The molecule has 0 saturated heterocycles. The van der Waals surface area contributed by atoms with E-state index in [9.17, 15) is 0 Å². The lowest BCUT2D eigenvalue weighted by atomic mass is 9.98. The number of nitrogens with two attached hydrogens (primary N) is 2.